The number of imide groups is 1. The zero-order chi connectivity index (χ0) is 22.9. The molecule has 0 radical (unpaired) electrons. The summed E-state index contributed by atoms with van der Waals surface area (Å²) in [5.41, 5.74) is 0.420. The molecule has 3 amide bonds. The molecule has 0 spiro atoms. The highest BCUT2D eigenvalue weighted by Crippen LogP contribution is 2.40. The van der Waals surface area contributed by atoms with Crippen molar-refractivity contribution in [2.75, 3.05) is 36.0 Å². The monoisotopic (exact) mass is 469 g/mol. The van der Waals surface area contributed by atoms with E-state index < -0.39 is 6.09 Å². The number of carbonyl (C=O) groups excluding carboxylic acids is 3. The van der Waals surface area contributed by atoms with Gasteiger partial charge in [-0.3, -0.25) is 9.59 Å². The van der Waals surface area contributed by atoms with Crippen molar-refractivity contribution in [1.82, 2.24) is 14.9 Å². The fraction of sp³-hybridized carbons (Fsp3) is 0.435. The summed E-state index contributed by atoms with van der Waals surface area (Å²) in [6.07, 6.45) is 6.01. The Kier molecular flexibility index (Phi) is 5.88. The van der Waals surface area contributed by atoms with Crippen molar-refractivity contribution in [3.63, 3.8) is 0 Å². The molecule has 1 aliphatic carbocycles. The van der Waals surface area contributed by atoms with Gasteiger partial charge in [0.2, 0.25) is 17.7 Å². The molecular weight excluding hydrogens is 446 g/mol. The van der Waals surface area contributed by atoms with Crippen molar-refractivity contribution in [1.29, 1.82) is 0 Å². The standard InChI is InChI=1S/C23H24ClN5O4/c24-15-5-7-19(25-13-15)27-9-11-28(12-10-27)23(32)33-20-8-6-16(14-26-20)29-21(30)17-3-1-2-4-18(17)22(29)31/h5-8,13-14,17-18H,1-4,9-12H2. The van der Waals surface area contributed by atoms with Crippen molar-refractivity contribution in [3.8, 4) is 5.88 Å². The summed E-state index contributed by atoms with van der Waals surface area (Å²) < 4.78 is 5.41. The lowest BCUT2D eigenvalue weighted by Gasteiger charge is -2.34. The molecule has 4 heterocycles. The lowest BCUT2D eigenvalue weighted by Crippen LogP contribution is -2.49. The molecule has 0 bridgehead atoms. The van der Waals surface area contributed by atoms with Crippen LogP contribution in [0.4, 0.5) is 16.3 Å². The van der Waals surface area contributed by atoms with Crippen LogP contribution in [0.15, 0.2) is 36.7 Å². The third kappa shape index (κ3) is 4.25. The molecule has 172 valence electrons. The number of piperazine rings is 1. The fourth-order valence-electron chi connectivity index (χ4n) is 4.81. The Bertz CT molecular complexity index is 1030. The van der Waals surface area contributed by atoms with Crippen LogP contribution in [0.5, 0.6) is 5.88 Å². The number of halogens is 1. The Morgan fingerprint density at radius 1 is 0.909 bits per heavy atom. The van der Waals surface area contributed by atoms with Crippen LogP contribution >= 0.6 is 11.6 Å². The van der Waals surface area contributed by atoms with Crippen molar-refractivity contribution in [2.45, 2.75) is 25.7 Å². The van der Waals surface area contributed by atoms with Crippen molar-refractivity contribution < 1.29 is 19.1 Å². The number of amides is 3. The number of pyridine rings is 2. The summed E-state index contributed by atoms with van der Waals surface area (Å²) in [7, 11) is 0. The number of aromatic nitrogens is 2. The number of carbonyl (C=O) groups is 3. The molecule has 5 rings (SSSR count). The molecular formula is C23H24ClN5O4. The van der Waals surface area contributed by atoms with Gasteiger partial charge in [-0.15, -0.1) is 0 Å². The largest absolute Gasteiger partial charge is 0.416 e. The van der Waals surface area contributed by atoms with Gasteiger partial charge in [-0.05, 0) is 31.0 Å². The smallest absolute Gasteiger partial charge is 0.391 e. The van der Waals surface area contributed by atoms with Crippen LogP contribution in [0.1, 0.15) is 25.7 Å². The van der Waals surface area contributed by atoms with Crippen LogP contribution in [0.2, 0.25) is 5.02 Å². The maximum Gasteiger partial charge on any atom is 0.416 e. The number of fused-ring (bicyclic) bond motifs is 1. The number of hydrogen-bond donors (Lipinski definition) is 0. The molecule has 2 saturated heterocycles. The molecule has 33 heavy (non-hydrogen) atoms. The molecule has 9 nitrogen and oxygen atoms in total. The van der Waals surface area contributed by atoms with Crippen molar-refractivity contribution in [3.05, 3.63) is 41.7 Å². The number of nitrogens with zero attached hydrogens (tertiary/aromatic N) is 5. The lowest BCUT2D eigenvalue weighted by molar-refractivity contribution is -0.122. The van der Waals surface area contributed by atoms with E-state index in [0.717, 1.165) is 31.5 Å². The van der Waals surface area contributed by atoms with E-state index in [4.69, 9.17) is 16.3 Å². The molecule has 1 saturated carbocycles. The lowest BCUT2D eigenvalue weighted by atomic mass is 9.81. The third-order valence-electron chi connectivity index (χ3n) is 6.59. The average molecular weight is 470 g/mol. The zero-order valence-corrected chi connectivity index (χ0v) is 18.8. The second-order valence-electron chi connectivity index (χ2n) is 8.54. The molecule has 2 aliphatic heterocycles. The van der Waals surface area contributed by atoms with Gasteiger partial charge < -0.3 is 14.5 Å². The molecule has 2 aromatic heterocycles. The van der Waals surface area contributed by atoms with Gasteiger partial charge in [0.25, 0.3) is 0 Å². The molecule has 0 N–H and O–H groups in total. The molecule has 10 heteroatoms. The maximum absolute atomic E-state index is 12.7. The van der Waals surface area contributed by atoms with Crippen LogP contribution in [0.25, 0.3) is 0 Å². The van der Waals surface area contributed by atoms with Crippen molar-refractivity contribution in [2.24, 2.45) is 11.8 Å². The summed E-state index contributed by atoms with van der Waals surface area (Å²) >= 11 is 5.89. The zero-order valence-electron chi connectivity index (χ0n) is 18.0. The number of ether oxygens (including phenoxy) is 1. The predicted octanol–water partition coefficient (Wildman–Crippen LogP) is 3.13. The highest BCUT2D eigenvalue weighted by atomic mass is 35.5. The summed E-state index contributed by atoms with van der Waals surface area (Å²) in [5, 5.41) is 0.580. The Morgan fingerprint density at radius 2 is 1.61 bits per heavy atom. The van der Waals surface area contributed by atoms with Crippen LogP contribution in [-0.2, 0) is 9.59 Å². The van der Waals surface area contributed by atoms with Gasteiger partial charge in [-0.25, -0.2) is 19.7 Å². The first kappa shape index (κ1) is 21.6. The Balaban J connectivity index is 1.18. The van der Waals surface area contributed by atoms with E-state index in [1.54, 1.807) is 23.2 Å². The highest BCUT2D eigenvalue weighted by molar-refractivity contribution is 6.30. The van der Waals surface area contributed by atoms with Gasteiger partial charge in [0.05, 0.1) is 28.7 Å². The van der Waals surface area contributed by atoms with Gasteiger partial charge in [0.15, 0.2) is 0 Å². The first-order chi connectivity index (χ1) is 16.0. The highest BCUT2D eigenvalue weighted by Gasteiger charge is 2.48. The van der Waals surface area contributed by atoms with Gasteiger partial charge in [0.1, 0.15) is 5.82 Å². The van der Waals surface area contributed by atoms with E-state index in [-0.39, 0.29) is 29.5 Å². The van der Waals surface area contributed by atoms with E-state index in [9.17, 15) is 14.4 Å². The maximum atomic E-state index is 12.7. The van der Waals surface area contributed by atoms with Crippen molar-refractivity contribution >= 4 is 41.0 Å². The van der Waals surface area contributed by atoms with Gasteiger partial charge >= 0.3 is 6.09 Å². The topological polar surface area (TPSA) is 95.9 Å². The van der Waals surface area contributed by atoms with E-state index in [1.165, 1.54) is 17.2 Å². The van der Waals surface area contributed by atoms with Gasteiger partial charge in [-0.2, -0.15) is 0 Å². The SMILES string of the molecule is O=C(Oc1ccc(N2C(=O)C3CCCCC3C2=O)cn1)N1CCN(c2ccc(Cl)cn2)CC1. The second kappa shape index (κ2) is 8.97. The molecule has 3 aliphatic rings. The summed E-state index contributed by atoms with van der Waals surface area (Å²) in [5.74, 6) is 0.210. The Hall–Kier alpha value is -3.20. The van der Waals surface area contributed by atoms with E-state index >= 15 is 0 Å². The van der Waals surface area contributed by atoms with Crippen LogP contribution in [0, 0.1) is 11.8 Å². The summed E-state index contributed by atoms with van der Waals surface area (Å²) in [6, 6.07) is 6.76. The minimum Gasteiger partial charge on any atom is -0.391 e. The molecule has 3 fully saturated rings. The van der Waals surface area contributed by atoms with Crippen LogP contribution in [0.3, 0.4) is 0 Å². The molecule has 2 unspecified atom stereocenters. The normalized spacial score (nSPS) is 23.0. The van der Waals surface area contributed by atoms with Crippen LogP contribution < -0.4 is 14.5 Å². The fourth-order valence-corrected chi connectivity index (χ4v) is 4.92. The molecule has 2 atom stereocenters. The van der Waals surface area contributed by atoms with Gasteiger partial charge in [-0.1, -0.05) is 24.4 Å². The number of anilines is 2. The van der Waals surface area contributed by atoms with E-state index in [1.807, 2.05) is 6.07 Å². The van der Waals surface area contributed by atoms with E-state index in [0.29, 0.717) is 36.9 Å². The Morgan fingerprint density at radius 3 is 2.18 bits per heavy atom. The predicted molar refractivity (Wildman–Crippen MR) is 121 cm³/mol. The van der Waals surface area contributed by atoms with E-state index in [2.05, 4.69) is 14.9 Å². The minimum absolute atomic E-state index is 0.127. The minimum atomic E-state index is -0.488. The summed E-state index contributed by atoms with van der Waals surface area (Å²) in [6.45, 7) is 2.22. The third-order valence-corrected chi connectivity index (χ3v) is 6.81. The molecule has 2 aromatic rings. The van der Waals surface area contributed by atoms with Gasteiger partial charge in [0, 0.05) is 38.4 Å². The van der Waals surface area contributed by atoms with Crippen LogP contribution in [-0.4, -0.2) is 59.0 Å². The quantitative estimate of drug-likeness (QED) is 0.637. The number of hydrogen-bond acceptors (Lipinski definition) is 7. The Labute approximate surface area is 196 Å². The summed E-state index contributed by atoms with van der Waals surface area (Å²) in [4.78, 5) is 51.4. The molecule has 0 aromatic carbocycles. The first-order valence-corrected chi connectivity index (χ1v) is 11.6. The first-order valence-electron chi connectivity index (χ1n) is 11.2. The second-order valence-corrected chi connectivity index (χ2v) is 8.98. The average Bonchev–Trinajstić information content (AvgIpc) is 3.10. The number of rotatable bonds is 3.